The second-order valence-electron chi connectivity index (χ2n) is 10.2. The van der Waals surface area contributed by atoms with E-state index in [9.17, 15) is 4.79 Å². The van der Waals surface area contributed by atoms with Crippen molar-refractivity contribution in [1.82, 2.24) is 14.6 Å². The monoisotopic (exact) mass is 430 g/mol. The highest BCUT2D eigenvalue weighted by atomic mass is 16.6. The number of anilines is 1. The van der Waals surface area contributed by atoms with E-state index in [0.717, 1.165) is 60.8 Å². The number of carbonyl (C=O) groups excluding carboxylic acids is 1. The second-order valence-corrected chi connectivity index (χ2v) is 10.2. The molecule has 1 aliphatic heterocycles. The van der Waals surface area contributed by atoms with Gasteiger partial charge in [-0.3, -0.25) is 0 Å². The van der Waals surface area contributed by atoms with Gasteiger partial charge in [-0.2, -0.15) is 9.61 Å². The van der Waals surface area contributed by atoms with E-state index >= 15 is 0 Å². The Bertz CT molecular complexity index is 932. The summed E-state index contributed by atoms with van der Waals surface area (Å²) in [5.41, 5.74) is 3.09. The fourth-order valence-corrected chi connectivity index (χ4v) is 4.07. The summed E-state index contributed by atoms with van der Waals surface area (Å²) in [5.74, 6) is 0.517. The Morgan fingerprint density at radius 1 is 1.23 bits per heavy atom. The molecule has 7 nitrogen and oxygen atoms in total. The molecule has 31 heavy (non-hydrogen) atoms. The summed E-state index contributed by atoms with van der Waals surface area (Å²) in [6.45, 7) is 18.4. The minimum absolute atomic E-state index is 0.298. The van der Waals surface area contributed by atoms with E-state index in [1.165, 1.54) is 0 Å². The second kappa shape index (κ2) is 8.77. The number of fused-ring (bicyclic) bond motifs is 1. The smallest absolute Gasteiger partial charge is 0.340 e. The molecule has 7 heteroatoms. The average molecular weight is 431 g/mol. The van der Waals surface area contributed by atoms with Crippen LogP contribution in [0.2, 0.25) is 0 Å². The molecule has 172 valence electrons. The van der Waals surface area contributed by atoms with E-state index in [-0.39, 0.29) is 5.97 Å². The van der Waals surface area contributed by atoms with Crippen molar-refractivity contribution in [3.8, 4) is 0 Å². The summed E-state index contributed by atoms with van der Waals surface area (Å²) in [6, 6.07) is 2.03. The Labute approximate surface area is 186 Å². The van der Waals surface area contributed by atoms with E-state index in [1.54, 1.807) is 0 Å². The molecule has 0 radical (unpaired) electrons. The standard InChI is InChI=1S/C24H38N4O3/c1-9-17-15-18-25-16(3)19(20(22(29)30-10-2)31-23(4,5)6)21(28(18)26-17)27-13-11-24(7,8)12-14-27/h15,20H,9-14H2,1-8H3/t20-/m0/s1. The molecule has 1 atom stereocenters. The molecule has 0 amide bonds. The van der Waals surface area contributed by atoms with Crippen molar-refractivity contribution >= 4 is 17.4 Å². The lowest BCUT2D eigenvalue weighted by atomic mass is 9.82. The number of hydrogen-bond acceptors (Lipinski definition) is 6. The molecule has 0 bridgehead atoms. The highest BCUT2D eigenvalue weighted by molar-refractivity contribution is 5.80. The molecule has 2 aromatic rings. The fourth-order valence-electron chi connectivity index (χ4n) is 4.07. The van der Waals surface area contributed by atoms with Gasteiger partial charge in [-0.1, -0.05) is 20.8 Å². The number of ether oxygens (including phenoxy) is 2. The Kier molecular flexibility index (Phi) is 6.65. The van der Waals surface area contributed by atoms with Gasteiger partial charge in [0.25, 0.3) is 0 Å². The third kappa shape index (κ3) is 5.20. The predicted molar refractivity (Wildman–Crippen MR) is 123 cm³/mol. The quantitative estimate of drug-likeness (QED) is 0.622. The van der Waals surface area contributed by atoms with Gasteiger partial charge in [-0.25, -0.2) is 9.78 Å². The van der Waals surface area contributed by atoms with Crippen LogP contribution in [0.25, 0.3) is 5.65 Å². The van der Waals surface area contributed by atoms with Crippen molar-refractivity contribution in [2.75, 3.05) is 24.6 Å². The molecule has 3 heterocycles. The summed E-state index contributed by atoms with van der Waals surface area (Å²) < 4.78 is 13.6. The molecular weight excluding hydrogens is 392 g/mol. The van der Waals surface area contributed by atoms with Crippen LogP contribution in [0.5, 0.6) is 0 Å². The number of esters is 1. The summed E-state index contributed by atoms with van der Waals surface area (Å²) in [6.07, 6.45) is 2.10. The number of hydrogen-bond donors (Lipinski definition) is 0. The molecule has 0 aromatic carbocycles. The van der Waals surface area contributed by atoms with Crippen LogP contribution in [0, 0.1) is 12.3 Å². The molecule has 0 spiro atoms. The molecule has 1 aliphatic rings. The van der Waals surface area contributed by atoms with Crippen molar-refractivity contribution in [3.05, 3.63) is 23.0 Å². The van der Waals surface area contributed by atoms with Crippen molar-refractivity contribution in [2.45, 2.75) is 86.4 Å². The van der Waals surface area contributed by atoms with Crippen LogP contribution in [0.4, 0.5) is 5.82 Å². The van der Waals surface area contributed by atoms with Crippen LogP contribution >= 0.6 is 0 Å². The first kappa shape index (κ1) is 23.5. The van der Waals surface area contributed by atoms with Crippen molar-refractivity contribution in [1.29, 1.82) is 0 Å². The van der Waals surface area contributed by atoms with Crippen molar-refractivity contribution in [2.24, 2.45) is 5.41 Å². The fraction of sp³-hybridized carbons (Fsp3) is 0.708. The number of rotatable bonds is 6. The molecule has 0 unspecified atom stereocenters. The van der Waals surface area contributed by atoms with Gasteiger partial charge in [-0.15, -0.1) is 0 Å². The van der Waals surface area contributed by atoms with Crippen molar-refractivity contribution < 1.29 is 14.3 Å². The Morgan fingerprint density at radius 3 is 2.42 bits per heavy atom. The van der Waals surface area contributed by atoms with Gasteiger partial charge in [0.2, 0.25) is 0 Å². The Hall–Kier alpha value is -2.15. The minimum Gasteiger partial charge on any atom is -0.464 e. The summed E-state index contributed by atoms with van der Waals surface area (Å²) >= 11 is 0. The first-order valence-electron chi connectivity index (χ1n) is 11.4. The van der Waals surface area contributed by atoms with Gasteiger partial charge in [0, 0.05) is 24.8 Å². The van der Waals surface area contributed by atoms with E-state index < -0.39 is 11.7 Å². The zero-order valence-electron chi connectivity index (χ0n) is 20.4. The Morgan fingerprint density at radius 2 is 1.87 bits per heavy atom. The summed E-state index contributed by atoms with van der Waals surface area (Å²) in [5, 5.41) is 4.83. The molecule has 0 aliphatic carbocycles. The lowest BCUT2D eigenvalue weighted by molar-refractivity contribution is -0.166. The number of nitrogens with zero attached hydrogens (tertiary/aromatic N) is 4. The summed E-state index contributed by atoms with van der Waals surface area (Å²) in [7, 11) is 0. The SMILES string of the molecule is CCOC(=O)[C@@H](OC(C)(C)C)c1c(C)nc2cc(CC)nn2c1N1CCC(C)(C)CC1. The normalized spacial score (nSPS) is 17.7. The molecule has 3 rings (SSSR count). The van der Waals surface area contributed by atoms with E-state index in [0.29, 0.717) is 12.0 Å². The zero-order chi connectivity index (χ0) is 23.0. The average Bonchev–Trinajstić information content (AvgIpc) is 3.07. The van der Waals surface area contributed by atoms with Crippen LogP contribution in [-0.4, -0.2) is 45.9 Å². The Balaban J connectivity index is 2.22. The van der Waals surface area contributed by atoms with Gasteiger partial charge in [-0.05, 0) is 59.3 Å². The van der Waals surface area contributed by atoms with Crippen LogP contribution in [0.3, 0.4) is 0 Å². The van der Waals surface area contributed by atoms with Crippen LogP contribution in [0.15, 0.2) is 6.07 Å². The summed E-state index contributed by atoms with van der Waals surface area (Å²) in [4.78, 5) is 20.2. The van der Waals surface area contributed by atoms with E-state index in [1.807, 2.05) is 45.2 Å². The lowest BCUT2D eigenvalue weighted by Crippen LogP contribution is -2.40. The number of aromatic nitrogens is 3. The number of piperidine rings is 1. The van der Waals surface area contributed by atoms with E-state index in [4.69, 9.17) is 19.6 Å². The largest absolute Gasteiger partial charge is 0.464 e. The zero-order valence-corrected chi connectivity index (χ0v) is 20.4. The highest BCUT2D eigenvalue weighted by Crippen LogP contribution is 2.39. The molecule has 0 saturated carbocycles. The molecular formula is C24H38N4O3. The lowest BCUT2D eigenvalue weighted by Gasteiger charge is -2.39. The first-order valence-corrected chi connectivity index (χ1v) is 11.4. The molecule has 2 aromatic heterocycles. The molecule has 1 saturated heterocycles. The van der Waals surface area contributed by atoms with Gasteiger partial charge >= 0.3 is 5.97 Å². The predicted octanol–water partition coefficient (Wildman–Crippen LogP) is 4.65. The van der Waals surface area contributed by atoms with Gasteiger partial charge in [0.05, 0.1) is 23.5 Å². The molecule has 1 fully saturated rings. The first-order chi connectivity index (χ1) is 14.5. The maximum Gasteiger partial charge on any atom is 0.340 e. The third-order valence-electron chi connectivity index (χ3n) is 5.87. The number of aryl methyl sites for hydroxylation is 2. The minimum atomic E-state index is -0.865. The molecule has 0 N–H and O–H groups in total. The maximum atomic E-state index is 13.1. The topological polar surface area (TPSA) is 69.0 Å². The van der Waals surface area contributed by atoms with Gasteiger partial charge < -0.3 is 14.4 Å². The number of carbonyl (C=O) groups is 1. The van der Waals surface area contributed by atoms with Crippen LogP contribution in [0.1, 0.15) is 84.4 Å². The van der Waals surface area contributed by atoms with Crippen molar-refractivity contribution in [3.63, 3.8) is 0 Å². The van der Waals surface area contributed by atoms with Gasteiger partial charge in [0.15, 0.2) is 11.8 Å². The van der Waals surface area contributed by atoms with Gasteiger partial charge in [0.1, 0.15) is 5.82 Å². The highest BCUT2D eigenvalue weighted by Gasteiger charge is 2.37. The van der Waals surface area contributed by atoms with Crippen LogP contribution < -0.4 is 4.90 Å². The maximum absolute atomic E-state index is 13.1. The van der Waals surface area contributed by atoms with E-state index in [2.05, 4.69) is 25.7 Å². The van der Waals surface area contributed by atoms with Crippen LogP contribution in [-0.2, 0) is 20.7 Å². The third-order valence-corrected chi connectivity index (χ3v) is 5.87.